The Balaban J connectivity index is 1.46. The maximum Gasteiger partial charge on any atom is 0.317 e. The number of nitrogens with zero attached hydrogens (tertiary/aromatic N) is 3. The predicted molar refractivity (Wildman–Crippen MR) is 162 cm³/mol. The number of pyridine rings is 1. The molecule has 3 heterocycles. The number of aromatic nitrogens is 2. The lowest BCUT2D eigenvalue weighted by Crippen LogP contribution is -2.53. The number of hydrogen-bond acceptors (Lipinski definition) is 5. The summed E-state index contributed by atoms with van der Waals surface area (Å²) < 4.78 is 25.8. The highest BCUT2D eigenvalue weighted by Gasteiger charge is 2.48. The zero-order chi connectivity index (χ0) is 29.4. The number of halogens is 1. The van der Waals surface area contributed by atoms with Crippen LogP contribution in [0.3, 0.4) is 0 Å². The highest BCUT2D eigenvalue weighted by Crippen LogP contribution is 2.44. The molecule has 1 saturated heterocycles. The first kappa shape index (κ1) is 29.6. The Morgan fingerprint density at radius 2 is 1.95 bits per heavy atom. The van der Waals surface area contributed by atoms with Crippen LogP contribution in [0.2, 0.25) is 5.02 Å². The van der Waals surface area contributed by atoms with Gasteiger partial charge in [0, 0.05) is 71.9 Å². The number of benzene rings is 1. The van der Waals surface area contributed by atoms with Crippen molar-refractivity contribution in [3.8, 4) is 0 Å². The molecular formula is C31H39ClN4O4S. The molecule has 0 saturated carbocycles. The summed E-state index contributed by atoms with van der Waals surface area (Å²) in [6.45, 7) is 5.47. The molecule has 1 spiro atoms. The minimum atomic E-state index is -3.08. The van der Waals surface area contributed by atoms with Gasteiger partial charge in [-0.15, -0.1) is 0 Å². The van der Waals surface area contributed by atoms with Gasteiger partial charge in [0.15, 0.2) is 0 Å². The SMILES string of the molecule is CC(C)NC(=O)N1CCC2(CC1)C(=O)C(Cc1cc3cc(Cl)ccc3n1CCCS(C)(=O)=O)CCc1cnccc12. The number of rotatable bonds is 7. The monoisotopic (exact) mass is 598 g/mol. The van der Waals surface area contributed by atoms with E-state index in [0.29, 0.717) is 56.8 Å². The highest BCUT2D eigenvalue weighted by molar-refractivity contribution is 7.90. The Morgan fingerprint density at radius 1 is 1.20 bits per heavy atom. The van der Waals surface area contributed by atoms with E-state index in [2.05, 4.69) is 20.9 Å². The standard InChI is InChI=1S/C31H39ClN4O4S/c1-21(2)34-30(38)35-14-10-31(11-15-35)27-9-12-33-20-23(27)6-5-22(29(31)37)18-26-19-24-17-25(32)7-8-28(24)36(26)13-4-16-41(3,39)40/h7-9,12,17,19-22H,4-6,10-11,13-16,18H2,1-3H3,(H,34,38). The maximum absolute atomic E-state index is 14.6. The zero-order valence-electron chi connectivity index (χ0n) is 24.0. The molecule has 0 bridgehead atoms. The van der Waals surface area contributed by atoms with Crippen LogP contribution in [0.15, 0.2) is 42.7 Å². The molecule has 41 heavy (non-hydrogen) atoms. The average Bonchev–Trinajstić information content (AvgIpc) is 3.20. The predicted octanol–water partition coefficient (Wildman–Crippen LogP) is 4.95. The number of fused-ring (bicyclic) bond motifs is 3. The number of Topliss-reactive ketones (excluding diaryl/α,β-unsaturated/α-hetero) is 1. The number of nitrogens with one attached hydrogen (secondary N) is 1. The molecule has 8 nitrogen and oxygen atoms in total. The number of carbonyl (C=O) groups is 2. The zero-order valence-corrected chi connectivity index (χ0v) is 25.6. The Bertz CT molecular complexity index is 1560. The van der Waals surface area contributed by atoms with E-state index in [1.807, 2.05) is 49.2 Å². The van der Waals surface area contributed by atoms with E-state index in [1.54, 1.807) is 6.20 Å². The van der Waals surface area contributed by atoms with Crippen molar-refractivity contribution in [3.05, 3.63) is 64.6 Å². The summed E-state index contributed by atoms with van der Waals surface area (Å²) in [5, 5.41) is 4.60. The molecule has 1 aliphatic heterocycles. The van der Waals surface area contributed by atoms with Gasteiger partial charge in [-0.25, -0.2) is 13.2 Å². The molecule has 2 aromatic heterocycles. The number of aryl methyl sites for hydroxylation is 2. The van der Waals surface area contributed by atoms with Crippen LogP contribution >= 0.6 is 11.6 Å². The van der Waals surface area contributed by atoms with Gasteiger partial charge in [-0.05, 0) is 93.8 Å². The molecule has 1 atom stereocenters. The third-order valence-corrected chi connectivity index (χ3v) is 9.91. The molecule has 1 N–H and O–H groups in total. The lowest BCUT2D eigenvalue weighted by molar-refractivity contribution is -0.130. The lowest BCUT2D eigenvalue weighted by Gasteiger charge is -2.42. The van der Waals surface area contributed by atoms with E-state index in [-0.39, 0.29) is 29.5 Å². The van der Waals surface area contributed by atoms with Gasteiger partial charge in [0.25, 0.3) is 0 Å². The Kier molecular flexibility index (Phi) is 8.48. The Morgan fingerprint density at radius 3 is 2.66 bits per heavy atom. The van der Waals surface area contributed by atoms with E-state index in [1.165, 1.54) is 6.26 Å². The normalized spacial score (nSPS) is 19.0. The molecule has 0 radical (unpaired) electrons. The smallest absolute Gasteiger partial charge is 0.317 e. The minimum absolute atomic E-state index is 0.0492. The molecule has 2 amide bonds. The number of urea groups is 1. The van der Waals surface area contributed by atoms with Crippen LogP contribution in [0, 0.1) is 5.92 Å². The summed E-state index contributed by atoms with van der Waals surface area (Å²) in [6, 6.07) is 9.80. The van der Waals surface area contributed by atoms with Gasteiger partial charge in [-0.3, -0.25) is 9.78 Å². The second-order valence-electron chi connectivity index (χ2n) is 12.0. The maximum atomic E-state index is 14.6. The van der Waals surface area contributed by atoms with Crippen molar-refractivity contribution < 1.29 is 18.0 Å². The molecule has 5 rings (SSSR count). The number of ketones is 1. The summed E-state index contributed by atoms with van der Waals surface area (Å²) in [5.41, 5.74) is 3.52. The van der Waals surface area contributed by atoms with Crippen molar-refractivity contribution in [1.29, 1.82) is 0 Å². The number of amides is 2. The van der Waals surface area contributed by atoms with E-state index in [9.17, 15) is 18.0 Å². The molecule has 1 fully saturated rings. The quantitative estimate of drug-likeness (QED) is 0.415. The van der Waals surface area contributed by atoms with E-state index in [4.69, 9.17) is 11.6 Å². The van der Waals surface area contributed by atoms with E-state index < -0.39 is 15.3 Å². The first-order chi connectivity index (χ1) is 19.5. The summed E-state index contributed by atoms with van der Waals surface area (Å²) in [4.78, 5) is 33.6. The number of likely N-dealkylation sites (tertiary alicyclic amines) is 1. The fraction of sp³-hybridized carbons (Fsp3) is 0.516. The van der Waals surface area contributed by atoms with Gasteiger partial charge in [0.05, 0.1) is 11.2 Å². The van der Waals surface area contributed by atoms with Gasteiger partial charge in [-0.2, -0.15) is 0 Å². The molecule has 1 aliphatic carbocycles. The first-order valence-electron chi connectivity index (χ1n) is 14.5. The molecule has 3 aromatic rings. The van der Waals surface area contributed by atoms with Gasteiger partial charge in [-0.1, -0.05) is 11.6 Å². The largest absolute Gasteiger partial charge is 0.345 e. The van der Waals surface area contributed by atoms with Crippen LogP contribution in [0.5, 0.6) is 0 Å². The van der Waals surface area contributed by atoms with Crippen LogP contribution in [0.4, 0.5) is 4.79 Å². The second kappa shape index (κ2) is 11.8. The van der Waals surface area contributed by atoms with Crippen molar-refractivity contribution in [3.63, 3.8) is 0 Å². The third kappa shape index (κ3) is 6.31. The van der Waals surface area contributed by atoms with Crippen LogP contribution in [-0.2, 0) is 39.4 Å². The highest BCUT2D eigenvalue weighted by atomic mass is 35.5. The van der Waals surface area contributed by atoms with Crippen LogP contribution < -0.4 is 5.32 Å². The molecule has 1 unspecified atom stereocenters. The van der Waals surface area contributed by atoms with Gasteiger partial charge >= 0.3 is 6.03 Å². The van der Waals surface area contributed by atoms with Crippen molar-refractivity contribution in [2.24, 2.45) is 5.92 Å². The second-order valence-corrected chi connectivity index (χ2v) is 14.7. The number of sulfone groups is 1. The van der Waals surface area contributed by atoms with Crippen molar-refractivity contribution in [2.75, 3.05) is 25.1 Å². The van der Waals surface area contributed by atoms with Gasteiger partial charge < -0.3 is 14.8 Å². The fourth-order valence-corrected chi connectivity index (χ4v) is 7.52. The van der Waals surface area contributed by atoms with Crippen molar-refractivity contribution in [2.45, 2.75) is 70.4 Å². The summed E-state index contributed by atoms with van der Waals surface area (Å²) in [5.74, 6) is 0.123. The topological polar surface area (TPSA) is 101 Å². The van der Waals surface area contributed by atoms with Crippen LogP contribution in [0.25, 0.3) is 10.9 Å². The summed E-state index contributed by atoms with van der Waals surface area (Å²) in [6.07, 6.45) is 8.62. The first-order valence-corrected chi connectivity index (χ1v) is 16.9. The minimum Gasteiger partial charge on any atom is -0.345 e. The van der Waals surface area contributed by atoms with E-state index >= 15 is 0 Å². The van der Waals surface area contributed by atoms with Gasteiger partial charge in [0.1, 0.15) is 15.6 Å². The van der Waals surface area contributed by atoms with Crippen molar-refractivity contribution >= 4 is 44.2 Å². The average molecular weight is 599 g/mol. The molecular weight excluding hydrogens is 560 g/mol. The van der Waals surface area contributed by atoms with Crippen LogP contribution in [0.1, 0.15) is 56.4 Å². The molecule has 220 valence electrons. The molecule has 2 aliphatic rings. The van der Waals surface area contributed by atoms with Crippen molar-refractivity contribution in [1.82, 2.24) is 19.8 Å². The fourth-order valence-electron chi connectivity index (χ4n) is 6.69. The molecule has 10 heteroatoms. The molecule has 1 aromatic carbocycles. The summed E-state index contributed by atoms with van der Waals surface area (Å²) >= 11 is 6.31. The Hall–Kier alpha value is -2.91. The van der Waals surface area contributed by atoms with E-state index in [0.717, 1.165) is 34.1 Å². The lowest BCUT2D eigenvalue weighted by atomic mass is 9.66. The summed E-state index contributed by atoms with van der Waals surface area (Å²) in [7, 11) is -3.08. The number of carbonyl (C=O) groups excluding carboxylic acids is 2. The number of hydrogen-bond donors (Lipinski definition) is 1. The van der Waals surface area contributed by atoms with Crippen LogP contribution in [-0.4, -0.2) is 65.8 Å². The van der Waals surface area contributed by atoms with Gasteiger partial charge in [0.2, 0.25) is 0 Å². The third-order valence-electron chi connectivity index (χ3n) is 8.64. The Labute approximate surface area is 247 Å². The number of piperidine rings is 1.